The molecule has 1 unspecified atom stereocenters. The maximum atomic E-state index is 10.6. The van der Waals surface area contributed by atoms with Crippen molar-refractivity contribution in [3.05, 3.63) is 0 Å². The van der Waals surface area contributed by atoms with Crippen LogP contribution in [0.5, 0.6) is 0 Å². The second-order valence-corrected chi connectivity index (χ2v) is 3.07. The first-order valence-electron chi connectivity index (χ1n) is 2.65. The van der Waals surface area contributed by atoms with Crippen LogP contribution in [-0.2, 0) is 13.9 Å². The number of carbonyl (C=O) groups excluding carboxylic acids is 1. The molecule has 0 aliphatic rings. The number of Topliss-reactive ketones (excluding diaryl/α,β-unsaturated/α-hetero) is 1. The fourth-order valence-corrected chi connectivity index (χ4v) is 0.901. The summed E-state index contributed by atoms with van der Waals surface area (Å²) in [5.74, 6) is -0.428. The van der Waals surface area contributed by atoms with Crippen molar-refractivity contribution in [3.8, 4) is 0 Å². The van der Waals surface area contributed by atoms with E-state index in [0.717, 1.165) is 0 Å². The van der Waals surface area contributed by atoms with E-state index >= 15 is 0 Å². The summed E-state index contributed by atoms with van der Waals surface area (Å²) in [7, 11) is -0.621. The van der Waals surface area contributed by atoms with E-state index in [9.17, 15) is 9.36 Å². The van der Waals surface area contributed by atoms with Crippen molar-refractivity contribution in [2.45, 2.75) is 6.92 Å². The monoisotopic (exact) mass is 162 g/mol. The highest BCUT2D eigenvalue weighted by molar-refractivity contribution is 7.40. The van der Waals surface area contributed by atoms with Crippen molar-refractivity contribution in [3.63, 3.8) is 0 Å². The molecule has 4 nitrogen and oxygen atoms in total. The summed E-state index contributed by atoms with van der Waals surface area (Å²) in [6.45, 7) is 1.36. The van der Waals surface area contributed by atoms with E-state index < -0.39 is 13.8 Å². The van der Waals surface area contributed by atoms with Gasteiger partial charge in [0.25, 0.3) is 0 Å². The Kier molecular flexibility index (Phi) is 4.00. The number of nitrogens with one attached hydrogen (secondary N) is 1. The molecule has 0 heterocycles. The van der Waals surface area contributed by atoms with Gasteiger partial charge in [-0.2, -0.15) is 0 Å². The zero-order valence-electron chi connectivity index (χ0n) is 5.88. The fourth-order valence-electron chi connectivity index (χ4n) is 0.300. The van der Waals surface area contributed by atoms with Crippen LogP contribution in [0, 0.1) is 5.41 Å². The summed E-state index contributed by atoms with van der Waals surface area (Å²) >= 11 is 0. The van der Waals surface area contributed by atoms with Crippen LogP contribution in [0.2, 0.25) is 0 Å². The van der Waals surface area contributed by atoms with E-state index in [-0.39, 0.29) is 11.9 Å². The molecule has 0 rings (SSSR count). The zero-order valence-corrected chi connectivity index (χ0v) is 6.77. The van der Waals surface area contributed by atoms with Crippen molar-refractivity contribution in [1.29, 1.82) is 5.41 Å². The van der Waals surface area contributed by atoms with E-state index in [4.69, 9.17) is 5.41 Å². The van der Waals surface area contributed by atoms with E-state index in [0.29, 0.717) is 0 Å². The minimum absolute atomic E-state index is 0.0830. The number of rotatable bonds is 4. The number of hydrogen-bond donors (Lipinski definition) is 1. The standard InChI is InChI=1S/C5H9NO3P/c1-4(6)5(7)3-10(8)9-2/h6H,3H2,1-2H3/q+1. The quantitative estimate of drug-likeness (QED) is 0.495. The Morgan fingerprint density at radius 3 is 2.50 bits per heavy atom. The minimum atomic E-state index is -1.89. The Labute approximate surface area is 60.0 Å². The van der Waals surface area contributed by atoms with E-state index in [2.05, 4.69) is 4.52 Å². The average Bonchev–Trinajstić information content (AvgIpc) is 1.87. The molecule has 56 valence electrons. The highest BCUT2D eigenvalue weighted by Gasteiger charge is 2.21. The SMILES string of the molecule is CO[P+](=O)CC(=O)C(C)=N. The van der Waals surface area contributed by atoms with Gasteiger partial charge in [-0.15, -0.1) is 4.52 Å². The lowest BCUT2D eigenvalue weighted by molar-refractivity contribution is -0.110. The lowest BCUT2D eigenvalue weighted by Crippen LogP contribution is -2.11. The first-order chi connectivity index (χ1) is 4.57. The maximum Gasteiger partial charge on any atom is 0.516 e. The van der Waals surface area contributed by atoms with Gasteiger partial charge in [0.1, 0.15) is 0 Å². The molecule has 1 atom stereocenters. The van der Waals surface area contributed by atoms with Gasteiger partial charge in [-0.05, 0) is 11.5 Å². The predicted octanol–water partition coefficient (Wildman–Crippen LogP) is 0.984. The second-order valence-electron chi connectivity index (χ2n) is 1.72. The molecule has 0 aliphatic heterocycles. The van der Waals surface area contributed by atoms with Gasteiger partial charge in [0.2, 0.25) is 11.9 Å². The molecule has 0 radical (unpaired) electrons. The summed E-state index contributed by atoms with van der Waals surface area (Å²) in [4.78, 5) is 10.6. The summed E-state index contributed by atoms with van der Waals surface area (Å²) in [5.41, 5.74) is -0.0830. The molecule has 0 aromatic rings. The Bertz CT molecular complexity index is 178. The molecule has 0 aromatic carbocycles. The predicted molar refractivity (Wildman–Crippen MR) is 37.9 cm³/mol. The molecule has 0 spiro atoms. The molecular formula is C5H9NO3P+. The molecular weight excluding hydrogens is 153 g/mol. The van der Waals surface area contributed by atoms with Crippen LogP contribution in [-0.4, -0.2) is 24.8 Å². The Morgan fingerprint density at radius 1 is 1.70 bits per heavy atom. The summed E-state index contributed by atoms with van der Waals surface area (Å²) in [5, 5.41) is 6.84. The van der Waals surface area contributed by atoms with Crippen LogP contribution in [0.1, 0.15) is 6.92 Å². The Balaban J connectivity index is 3.80. The van der Waals surface area contributed by atoms with Gasteiger partial charge in [0.05, 0.1) is 12.8 Å². The molecule has 5 heteroatoms. The highest BCUT2D eigenvalue weighted by Crippen LogP contribution is 2.19. The van der Waals surface area contributed by atoms with E-state index in [1.165, 1.54) is 14.0 Å². The smallest absolute Gasteiger partial charge is 0.302 e. The number of carbonyl (C=O) groups is 1. The van der Waals surface area contributed by atoms with Crippen LogP contribution in [0.25, 0.3) is 0 Å². The van der Waals surface area contributed by atoms with E-state index in [1.54, 1.807) is 0 Å². The normalized spacial score (nSPS) is 10.8. The van der Waals surface area contributed by atoms with Gasteiger partial charge in [-0.25, -0.2) is 0 Å². The molecule has 0 saturated carbocycles. The van der Waals surface area contributed by atoms with Gasteiger partial charge in [0, 0.05) is 0 Å². The van der Waals surface area contributed by atoms with Crippen LogP contribution in [0.15, 0.2) is 0 Å². The topological polar surface area (TPSA) is 67.2 Å². The molecule has 0 saturated heterocycles. The Morgan fingerprint density at radius 2 is 2.20 bits per heavy atom. The molecule has 1 N–H and O–H groups in total. The van der Waals surface area contributed by atoms with Gasteiger partial charge in [-0.1, -0.05) is 0 Å². The van der Waals surface area contributed by atoms with Crippen molar-refractivity contribution >= 4 is 19.5 Å². The third-order valence-electron chi connectivity index (χ3n) is 0.895. The second kappa shape index (κ2) is 4.25. The summed E-state index contributed by atoms with van der Waals surface area (Å²) < 4.78 is 14.9. The highest BCUT2D eigenvalue weighted by atomic mass is 31.1. The third kappa shape index (κ3) is 3.43. The lowest BCUT2D eigenvalue weighted by Gasteiger charge is -1.84. The molecule has 10 heavy (non-hydrogen) atoms. The largest absolute Gasteiger partial charge is 0.516 e. The molecule has 0 aromatic heterocycles. The van der Waals surface area contributed by atoms with Crippen LogP contribution < -0.4 is 0 Å². The zero-order chi connectivity index (χ0) is 8.15. The van der Waals surface area contributed by atoms with Gasteiger partial charge < -0.3 is 5.41 Å². The first kappa shape index (κ1) is 9.40. The van der Waals surface area contributed by atoms with Crippen molar-refractivity contribution < 1.29 is 13.9 Å². The molecule has 0 bridgehead atoms. The average molecular weight is 162 g/mol. The molecule has 0 amide bonds. The van der Waals surface area contributed by atoms with E-state index in [1.807, 2.05) is 0 Å². The fraction of sp³-hybridized carbons (Fsp3) is 0.600. The summed E-state index contributed by atoms with van der Waals surface area (Å²) in [6.07, 6.45) is -0.179. The third-order valence-corrected chi connectivity index (χ3v) is 1.85. The van der Waals surface area contributed by atoms with Crippen molar-refractivity contribution in [2.24, 2.45) is 0 Å². The maximum absolute atomic E-state index is 10.6. The first-order valence-corrected chi connectivity index (χ1v) is 4.01. The van der Waals surface area contributed by atoms with Crippen molar-refractivity contribution in [1.82, 2.24) is 0 Å². The lowest BCUT2D eigenvalue weighted by atomic mass is 10.3. The van der Waals surface area contributed by atoms with Gasteiger partial charge in [-0.3, -0.25) is 4.79 Å². The van der Waals surface area contributed by atoms with Crippen molar-refractivity contribution in [2.75, 3.05) is 13.3 Å². The van der Waals surface area contributed by atoms with Gasteiger partial charge >= 0.3 is 8.03 Å². The summed E-state index contributed by atoms with van der Waals surface area (Å²) in [6, 6.07) is 0. The number of hydrogen-bond acceptors (Lipinski definition) is 4. The van der Waals surface area contributed by atoms with Crippen LogP contribution >= 0.6 is 8.03 Å². The van der Waals surface area contributed by atoms with Gasteiger partial charge in [0.15, 0.2) is 0 Å². The Hall–Kier alpha value is -0.600. The molecule has 0 fully saturated rings. The minimum Gasteiger partial charge on any atom is -0.302 e. The molecule has 0 aliphatic carbocycles. The van der Waals surface area contributed by atoms with Crippen LogP contribution in [0.3, 0.4) is 0 Å². The number of ketones is 1. The van der Waals surface area contributed by atoms with Crippen LogP contribution in [0.4, 0.5) is 0 Å².